The largest absolute Gasteiger partial charge is 0.391 e. The van der Waals surface area contributed by atoms with E-state index in [4.69, 9.17) is 0 Å². The summed E-state index contributed by atoms with van der Waals surface area (Å²) < 4.78 is 12.9. The van der Waals surface area contributed by atoms with Gasteiger partial charge in [-0.05, 0) is 36.1 Å². The van der Waals surface area contributed by atoms with E-state index in [1.807, 2.05) is 13.8 Å². The third kappa shape index (κ3) is 6.72. The molecule has 1 aromatic carbocycles. The highest BCUT2D eigenvalue weighted by Gasteiger charge is 2.07. The molecule has 1 aromatic rings. The van der Waals surface area contributed by atoms with Gasteiger partial charge in [0, 0.05) is 12.6 Å². The van der Waals surface area contributed by atoms with Crippen LogP contribution < -0.4 is 5.32 Å². The Hall–Kier alpha value is -1.68. The number of rotatable bonds is 6. The van der Waals surface area contributed by atoms with Gasteiger partial charge in [0.05, 0.1) is 6.10 Å². The molecular weight excluding hydrogens is 245 g/mol. The first-order valence-corrected chi connectivity index (χ1v) is 6.37. The predicted octanol–water partition coefficient (Wildman–Crippen LogP) is 2.36. The second-order valence-electron chi connectivity index (χ2n) is 4.92. The number of aliphatic hydroxyl groups excluding tert-OH is 1. The molecule has 0 fully saturated rings. The average Bonchev–Trinajstić information content (AvgIpc) is 2.33. The Morgan fingerprint density at radius 2 is 2.21 bits per heavy atom. The summed E-state index contributed by atoms with van der Waals surface area (Å²) in [6, 6.07) is 5.98. The molecule has 1 amide bonds. The molecule has 1 rings (SSSR count). The lowest BCUT2D eigenvalue weighted by molar-refractivity contribution is -0.116. The van der Waals surface area contributed by atoms with E-state index in [0.717, 1.165) is 0 Å². The van der Waals surface area contributed by atoms with Crippen molar-refractivity contribution in [1.82, 2.24) is 5.32 Å². The van der Waals surface area contributed by atoms with Gasteiger partial charge < -0.3 is 10.4 Å². The molecule has 0 heterocycles. The zero-order valence-corrected chi connectivity index (χ0v) is 11.3. The normalized spacial score (nSPS) is 12.9. The topological polar surface area (TPSA) is 49.3 Å². The number of hydrogen-bond donors (Lipinski definition) is 2. The first kappa shape index (κ1) is 15.4. The highest BCUT2D eigenvalue weighted by atomic mass is 19.1. The van der Waals surface area contributed by atoms with E-state index in [0.29, 0.717) is 17.9 Å². The van der Waals surface area contributed by atoms with Gasteiger partial charge >= 0.3 is 0 Å². The molecular formula is C15H20FNO2. The minimum atomic E-state index is -0.536. The Bertz CT molecular complexity index is 444. The van der Waals surface area contributed by atoms with Crippen molar-refractivity contribution in [1.29, 1.82) is 0 Å². The van der Waals surface area contributed by atoms with Crippen molar-refractivity contribution in [2.45, 2.75) is 26.4 Å². The zero-order valence-electron chi connectivity index (χ0n) is 11.3. The summed E-state index contributed by atoms with van der Waals surface area (Å²) >= 11 is 0. The van der Waals surface area contributed by atoms with Crippen LogP contribution in [0.25, 0.3) is 6.08 Å². The monoisotopic (exact) mass is 265 g/mol. The van der Waals surface area contributed by atoms with Crippen LogP contribution in [-0.2, 0) is 4.79 Å². The molecule has 4 heteroatoms. The lowest BCUT2D eigenvalue weighted by Crippen LogP contribution is -2.31. The van der Waals surface area contributed by atoms with Crippen molar-refractivity contribution < 1.29 is 14.3 Å². The summed E-state index contributed by atoms with van der Waals surface area (Å²) in [5, 5.41) is 12.2. The van der Waals surface area contributed by atoms with E-state index in [1.54, 1.807) is 12.1 Å². The summed E-state index contributed by atoms with van der Waals surface area (Å²) in [6.07, 6.45) is 2.98. The molecule has 0 saturated heterocycles. The van der Waals surface area contributed by atoms with Gasteiger partial charge in [0.2, 0.25) is 5.91 Å². The zero-order chi connectivity index (χ0) is 14.3. The molecule has 0 radical (unpaired) electrons. The molecule has 0 saturated carbocycles. The van der Waals surface area contributed by atoms with Crippen LogP contribution in [0.1, 0.15) is 25.8 Å². The Labute approximate surface area is 113 Å². The van der Waals surface area contributed by atoms with Crippen molar-refractivity contribution in [3.8, 4) is 0 Å². The van der Waals surface area contributed by atoms with Gasteiger partial charge in [-0.15, -0.1) is 0 Å². The minimum Gasteiger partial charge on any atom is -0.391 e. The van der Waals surface area contributed by atoms with Crippen LogP contribution in [-0.4, -0.2) is 23.7 Å². The third-order valence-electron chi connectivity index (χ3n) is 2.53. The fourth-order valence-electron chi connectivity index (χ4n) is 1.69. The fourth-order valence-corrected chi connectivity index (χ4v) is 1.69. The van der Waals surface area contributed by atoms with Gasteiger partial charge in [0.15, 0.2) is 0 Å². The van der Waals surface area contributed by atoms with E-state index >= 15 is 0 Å². The van der Waals surface area contributed by atoms with Crippen molar-refractivity contribution >= 4 is 12.0 Å². The van der Waals surface area contributed by atoms with E-state index in [-0.39, 0.29) is 18.3 Å². The van der Waals surface area contributed by atoms with Gasteiger partial charge in [0.1, 0.15) is 5.82 Å². The van der Waals surface area contributed by atoms with Crippen LogP contribution in [0.4, 0.5) is 4.39 Å². The Morgan fingerprint density at radius 3 is 2.84 bits per heavy atom. The maximum atomic E-state index is 12.9. The van der Waals surface area contributed by atoms with E-state index in [2.05, 4.69) is 5.32 Å². The van der Waals surface area contributed by atoms with E-state index in [9.17, 15) is 14.3 Å². The minimum absolute atomic E-state index is 0.227. The molecule has 0 aliphatic rings. The molecule has 0 aliphatic heterocycles. The molecule has 3 nitrogen and oxygen atoms in total. The van der Waals surface area contributed by atoms with Crippen molar-refractivity contribution in [2.24, 2.45) is 5.92 Å². The van der Waals surface area contributed by atoms with E-state index in [1.165, 1.54) is 24.3 Å². The summed E-state index contributed by atoms with van der Waals surface area (Å²) in [5.74, 6) is -0.253. The smallest absolute Gasteiger partial charge is 0.244 e. The standard InChI is InChI=1S/C15H20FNO2/c1-11(2)8-14(18)10-17-15(19)7-6-12-4-3-5-13(16)9-12/h3-7,9,11,14,18H,8,10H2,1-2H3,(H,17,19)/b7-6+. The summed E-state index contributed by atoms with van der Waals surface area (Å²) in [6.45, 7) is 4.24. The average molecular weight is 265 g/mol. The van der Waals surface area contributed by atoms with E-state index < -0.39 is 6.10 Å². The molecule has 1 unspecified atom stereocenters. The Kier molecular flexibility index (Phi) is 6.22. The Balaban J connectivity index is 2.39. The lowest BCUT2D eigenvalue weighted by Gasteiger charge is -2.12. The van der Waals surface area contributed by atoms with Crippen molar-refractivity contribution in [3.05, 3.63) is 41.7 Å². The maximum absolute atomic E-state index is 12.9. The van der Waals surface area contributed by atoms with Crippen LogP contribution in [0.5, 0.6) is 0 Å². The molecule has 104 valence electrons. The van der Waals surface area contributed by atoms with Crippen LogP contribution in [0.2, 0.25) is 0 Å². The summed E-state index contributed by atoms with van der Waals surface area (Å²) in [7, 11) is 0. The number of hydrogen-bond acceptors (Lipinski definition) is 2. The van der Waals surface area contributed by atoms with Crippen LogP contribution in [0.3, 0.4) is 0 Å². The molecule has 19 heavy (non-hydrogen) atoms. The number of carbonyl (C=O) groups is 1. The number of benzene rings is 1. The molecule has 0 aliphatic carbocycles. The van der Waals surface area contributed by atoms with Gasteiger partial charge in [-0.2, -0.15) is 0 Å². The summed E-state index contributed by atoms with van der Waals surface area (Å²) in [5.41, 5.74) is 0.623. The van der Waals surface area contributed by atoms with Gasteiger partial charge in [-0.25, -0.2) is 4.39 Å². The van der Waals surface area contributed by atoms with Gasteiger partial charge in [0.25, 0.3) is 0 Å². The number of nitrogens with one attached hydrogen (secondary N) is 1. The lowest BCUT2D eigenvalue weighted by atomic mass is 10.1. The van der Waals surface area contributed by atoms with Gasteiger partial charge in [-0.1, -0.05) is 26.0 Å². The maximum Gasteiger partial charge on any atom is 0.244 e. The fraction of sp³-hybridized carbons (Fsp3) is 0.400. The van der Waals surface area contributed by atoms with Crippen LogP contribution in [0, 0.1) is 11.7 Å². The molecule has 1 atom stereocenters. The van der Waals surface area contributed by atoms with Crippen molar-refractivity contribution in [3.63, 3.8) is 0 Å². The Morgan fingerprint density at radius 1 is 1.47 bits per heavy atom. The number of aliphatic hydroxyl groups is 1. The molecule has 0 aromatic heterocycles. The van der Waals surface area contributed by atoms with Crippen molar-refractivity contribution in [2.75, 3.05) is 6.54 Å². The van der Waals surface area contributed by atoms with Gasteiger partial charge in [-0.3, -0.25) is 4.79 Å². The first-order valence-electron chi connectivity index (χ1n) is 6.37. The molecule has 0 spiro atoms. The summed E-state index contributed by atoms with van der Waals surface area (Å²) in [4.78, 5) is 11.5. The third-order valence-corrected chi connectivity index (χ3v) is 2.53. The SMILES string of the molecule is CC(C)CC(O)CNC(=O)/C=C/c1cccc(F)c1. The quantitative estimate of drug-likeness (QED) is 0.776. The molecule has 2 N–H and O–H groups in total. The molecule has 0 bridgehead atoms. The first-order chi connectivity index (χ1) is 8.97. The number of carbonyl (C=O) groups excluding carboxylic acids is 1. The number of amides is 1. The highest BCUT2D eigenvalue weighted by molar-refractivity contribution is 5.91. The van der Waals surface area contributed by atoms with Crippen LogP contribution >= 0.6 is 0 Å². The predicted molar refractivity (Wildman–Crippen MR) is 73.9 cm³/mol. The van der Waals surface area contributed by atoms with Crippen LogP contribution in [0.15, 0.2) is 30.3 Å². The highest BCUT2D eigenvalue weighted by Crippen LogP contribution is 2.05. The second kappa shape index (κ2) is 7.69. The second-order valence-corrected chi connectivity index (χ2v) is 4.92. The number of halogens is 1.